The van der Waals surface area contributed by atoms with Crippen molar-refractivity contribution < 1.29 is 53.4 Å². The highest BCUT2D eigenvalue weighted by molar-refractivity contribution is 6.18. The molecule has 5 rings (SSSR count). The van der Waals surface area contributed by atoms with Crippen LogP contribution in [0.2, 0.25) is 0 Å². The number of rotatable bonds is 34. The van der Waals surface area contributed by atoms with Gasteiger partial charge in [-0.05, 0) is 73.3 Å². The number of hydrogen-bond donors (Lipinski definition) is 4. The first kappa shape index (κ1) is 55.7. The number of carbonyl (C=O) groups excluding carboxylic acids is 2. The number of oxime groups is 1. The van der Waals surface area contributed by atoms with Gasteiger partial charge in [0.15, 0.2) is 0 Å². The van der Waals surface area contributed by atoms with Crippen LogP contribution in [-0.4, -0.2) is 115 Å². The average Bonchev–Trinajstić information content (AvgIpc) is 3.36. The van der Waals surface area contributed by atoms with E-state index in [-0.39, 0.29) is 89.5 Å². The third-order valence-electron chi connectivity index (χ3n) is 13.5. The Balaban J connectivity index is 1.57. The van der Waals surface area contributed by atoms with Crippen LogP contribution in [0.15, 0.2) is 78.0 Å². The number of amides is 2. The van der Waals surface area contributed by atoms with Crippen LogP contribution in [0, 0.1) is 17.8 Å². The summed E-state index contributed by atoms with van der Waals surface area (Å²) in [5.74, 6) is -1.59. The number of unbranched alkanes of at least 4 members (excludes halogenated alkanes) is 11. The Hall–Kier alpha value is -4.18. The first-order valence-electron chi connectivity index (χ1n) is 25.7. The summed E-state index contributed by atoms with van der Waals surface area (Å²) in [7, 11) is 0. The predicted molar refractivity (Wildman–Crippen MR) is 269 cm³/mol. The van der Waals surface area contributed by atoms with Gasteiger partial charge in [0.1, 0.15) is 30.8 Å². The van der Waals surface area contributed by atoms with Gasteiger partial charge >= 0.3 is 12.2 Å². The van der Waals surface area contributed by atoms with Gasteiger partial charge in [-0.25, -0.2) is 9.59 Å². The van der Waals surface area contributed by atoms with Crippen molar-refractivity contribution in [1.82, 2.24) is 10.2 Å². The molecule has 384 valence electrons. The molecule has 6 unspecified atom stereocenters. The van der Waals surface area contributed by atoms with Gasteiger partial charge in [0, 0.05) is 44.2 Å². The fraction of sp³-hybridized carbons (Fsp3) is 0.648. The van der Waals surface area contributed by atoms with Crippen molar-refractivity contribution in [2.24, 2.45) is 22.9 Å². The first-order chi connectivity index (χ1) is 33.8. The van der Waals surface area contributed by atoms with E-state index in [0.29, 0.717) is 36.6 Å². The number of carbonyl (C=O) groups is 2. The number of fused-ring (bicyclic) bond motifs is 2. The minimum atomic E-state index is -1.55. The normalized spacial score (nSPS) is 21.9. The molecule has 69 heavy (non-hydrogen) atoms. The van der Waals surface area contributed by atoms with Crippen LogP contribution in [0.4, 0.5) is 9.59 Å². The van der Waals surface area contributed by atoms with E-state index in [4.69, 9.17) is 45.3 Å². The number of aliphatic hydroxyl groups excluding tert-OH is 3. The Kier molecular flexibility index (Phi) is 25.2. The second-order valence-corrected chi connectivity index (χ2v) is 18.7. The molecule has 15 heteroatoms. The standard InChI is InChI=1S/C54H80ClN3O11/c1-3-5-6-7-8-9-10-11-12-18-28-56-52(62)68-43-25-26-48-46(38-43)50-44(24-17-20-31-60)42(23-16-19-30-59)37-45-47(57-67-40-41-21-14-13-15-22-41)39-49(54(69-48,51(45)50)66-33-4-2)58(29-35-64-36-32-61)53(63)65-34-27-55/h4,13-15,21-22,25-26,37-38,42,44,49-51,59-61H,2-3,5-12,16-20,23-24,27-36,39-40H2,1H3,(H,56,62). The summed E-state index contributed by atoms with van der Waals surface area (Å²) >= 11 is 6.06. The van der Waals surface area contributed by atoms with Crippen LogP contribution in [0.1, 0.15) is 133 Å². The molecular formula is C54H80ClN3O11. The Morgan fingerprint density at radius 3 is 2.32 bits per heavy atom. The zero-order valence-electron chi connectivity index (χ0n) is 41.0. The Bertz CT molecular complexity index is 1880. The first-order valence-corrected chi connectivity index (χ1v) is 26.3. The minimum Gasteiger partial charge on any atom is -0.459 e. The van der Waals surface area contributed by atoms with Gasteiger partial charge < -0.3 is 49.2 Å². The number of allylic oxidation sites excluding steroid dienone is 1. The maximum absolute atomic E-state index is 14.4. The summed E-state index contributed by atoms with van der Waals surface area (Å²) in [5.41, 5.74) is 3.22. The second kappa shape index (κ2) is 31.2. The van der Waals surface area contributed by atoms with E-state index in [1.165, 1.54) is 44.9 Å². The third kappa shape index (κ3) is 16.4. The molecule has 1 saturated carbocycles. The van der Waals surface area contributed by atoms with Gasteiger partial charge in [-0.3, -0.25) is 4.90 Å². The number of alkyl halides is 1. The van der Waals surface area contributed by atoms with E-state index in [1.807, 2.05) is 42.5 Å². The minimum absolute atomic E-state index is 0.00368. The van der Waals surface area contributed by atoms with Crippen molar-refractivity contribution in [1.29, 1.82) is 0 Å². The average molecular weight is 983 g/mol. The molecule has 0 spiro atoms. The molecule has 1 aliphatic heterocycles. The Morgan fingerprint density at radius 1 is 0.899 bits per heavy atom. The fourth-order valence-electron chi connectivity index (χ4n) is 10.3. The lowest BCUT2D eigenvalue weighted by Gasteiger charge is -2.59. The van der Waals surface area contributed by atoms with Gasteiger partial charge in [0.2, 0.25) is 5.79 Å². The highest BCUT2D eigenvalue weighted by Gasteiger charge is 2.65. The molecule has 2 aliphatic carbocycles. The lowest BCUT2D eigenvalue weighted by Crippen LogP contribution is -2.70. The fourth-order valence-corrected chi connectivity index (χ4v) is 10.4. The van der Waals surface area contributed by atoms with Crippen molar-refractivity contribution in [2.75, 3.05) is 65.2 Å². The molecule has 0 aromatic heterocycles. The molecule has 2 aromatic carbocycles. The van der Waals surface area contributed by atoms with Crippen LogP contribution >= 0.6 is 11.6 Å². The van der Waals surface area contributed by atoms with Gasteiger partial charge in [0.25, 0.3) is 0 Å². The Morgan fingerprint density at radius 2 is 1.62 bits per heavy atom. The Labute approximate surface area is 415 Å². The summed E-state index contributed by atoms with van der Waals surface area (Å²) in [6.07, 6.45) is 19.1. The maximum Gasteiger partial charge on any atom is 0.412 e. The van der Waals surface area contributed by atoms with E-state index in [1.54, 1.807) is 17.0 Å². The van der Waals surface area contributed by atoms with E-state index in [2.05, 4.69) is 24.9 Å². The van der Waals surface area contributed by atoms with Gasteiger partial charge in [0.05, 0.1) is 43.9 Å². The van der Waals surface area contributed by atoms with Crippen molar-refractivity contribution in [3.05, 3.63) is 84.0 Å². The zero-order chi connectivity index (χ0) is 49.1. The number of hydrogen-bond acceptors (Lipinski definition) is 12. The summed E-state index contributed by atoms with van der Waals surface area (Å²) < 4.78 is 31.8. The molecule has 1 fully saturated rings. The number of aliphatic hydroxyl groups is 3. The van der Waals surface area contributed by atoms with Crippen molar-refractivity contribution in [3.63, 3.8) is 0 Å². The van der Waals surface area contributed by atoms with Crippen LogP contribution in [0.25, 0.3) is 0 Å². The maximum atomic E-state index is 14.4. The number of ether oxygens (including phenoxy) is 5. The second-order valence-electron chi connectivity index (χ2n) is 18.4. The van der Waals surface area contributed by atoms with Crippen LogP contribution in [-0.2, 0) is 25.7 Å². The molecule has 0 saturated heterocycles. The van der Waals surface area contributed by atoms with E-state index in [9.17, 15) is 24.9 Å². The lowest BCUT2D eigenvalue weighted by molar-refractivity contribution is -0.256. The SMILES string of the molecule is C=CCOC12Oc3ccc(OC(=O)NCCCCCCCCCCCC)cc3C3C(CCCCO)C(CCCCO)C=C(C(=NOCc4ccccc4)CC1N(CCOCCO)C(=O)OCCCl)C32. The monoisotopic (exact) mass is 982 g/mol. The van der Waals surface area contributed by atoms with Crippen molar-refractivity contribution >= 4 is 29.5 Å². The van der Waals surface area contributed by atoms with E-state index >= 15 is 0 Å². The lowest BCUT2D eigenvalue weighted by atomic mass is 9.55. The molecule has 0 bridgehead atoms. The van der Waals surface area contributed by atoms with Crippen LogP contribution < -0.4 is 14.8 Å². The highest BCUT2D eigenvalue weighted by atomic mass is 35.5. The van der Waals surface area contributed by atoms with Crippen molar-refractivity contribution in [3.8, 4) is 11.5 Å². The van der Waals surface area contributed by atoms with E-state index in [0.717, 1.165) is 61.6 Å². The highest BCUT2D eigenvalue weighted by Crippen LogP contribution is 2.62. The zero-order valence-corrected chi connectivity index (χ0v) is 41.8. The topological polar surface area (TPSA) is 178 Å². The van der Waals surface area contributed by atoms with Crippen molar-refractivity contribution in [2.45, 2.75) is 140 Å². The summed E-state index contributed by atoms with van der Waals surface area (Å²) in [6.45, 7) is 7.12. The summed E-state index contributed by atoms with van der Waals surface area (Å²) in [5, 5.41) is 37.3. The van der Waals surface area contributed by atoms with E-state index < -0.39 is 29.9 Å². The molecular weight excluding hydrogens is 902 g/mol. The molecule has 0 radical (unpaired) electrons. The third-order valence-corrected chi connectivity index (χ3v) is 13.7. The van der Waals surface area contributed by atoms with Crippen LogP contribution in [0.3, 0.4) is 0 Å². The molecule has 14 nitrogen and oxygen atoms in total. The molecule has 2 amide bonds. The number of nitrogens with one attached hydrogen (secondary N) is 1. The molecule has 4 N–H and O–H groups in total. The smallest absolute Gasteiger partial charge is 0.412 e. The quantitative estimate of drug-likeness (QED) is 0.0227. The number of nitrogens with zero attached hydrogens (tertiary/aromatic N) is 2. The molecule has 6 atom stereocenters. The van der Waals surface area contributed by atoms with Gasteiger partial charge in [-0.15, -0.1) is 18.2 Å². The summed E-state index contributed by atoms with van der Waals surface area (Å²) in [4.78, 5) is 35.5. The molecule has 3 aliphatic rings. The predicted octanol–water partition coefficient (Wildman–Crippen LogP) is 10.2. The van der Waals surface area contributed by atoms with Gasteiger partial charge in [-0.2, -0.15) is 0 Å². The van der Waals surface area contributed by atoms with Crippen LogP contribution in [0.5, 0.6) is 11.5 Å². The molecule has 1 heterocycles. The van der Waals surface area contributed by atoms with Gasteiger partial charge in [-0.1, -0.05) is 125 Å². The number of halogens is 1. The molecule has 2 aromatic rings. The number of benzene rings is 2. The summed E-state index contributed by atoms with van der Waals surface area (Å²) in [6, 6.07) is 14.3. The largest absolute Gasteiger partial charge is 0.459 e.